The molecule has 0 saturated carbocycles. The Bertz CT molecular complexity index is 3690. The van der Waals surface area contributed by atoms with Crippen LogP contribution in [0.15, 0.2) is 137 Å². The predicted molar refractivity (Wildman–Crippen MR) is 338 cm³/mol. The summed E-state index contributed by atoms with van der Waals surface area (Å²) in [5.41, 5.74) is 9.87. The number of alkyl carbamates (subject to hydrolysis) is 1. The number of methoxy groups -OCH3 is 1. The van der Waals surface area contributed by atoms with Gasteiger partial charge >= 0.3 is 12.1 Å². The third-order valence-corrected chi connectivity index (χ3v) is 16.5. The van der Waals surface area contributed by atoms with E-state index in [-0.39, 0.29) is 49.4 Å². The minimum atomic E-state index is -4.40. The van der Waals surface area contributed by atoms with Crippen molar-refractivity contribution >= 4 is 67.3 Å². The molecule has 462 valence electrons. The Hall–Kier alpha value is -8.91. The number of benzene rings is 6. The number of rotatable bonds is 26. The first-order valence-electron chi connectivity index (χ1n) is 29.1. The number of nitrogens with zero attached hydrogens (tertiary/aromatic N) is 1. The largest absolute Gasteiger partial charge is 0.496 e. The number of amides is 4. The summed E-state index contributed by atoms with van der Waals surface area (Å²) in [4.78, 5) is 69.7. The van der Waals surface area contributed by atoms with Crippen LogP contribution in [0.1, 0.15) is 107 Å². The van der Waals surface area contributed by atoms with E-state index in [2.05, 4.69) is 44.1 Å². The molecule has 7 rings (SSSR count). The van der Waals surface area contributed by atoms with Crippen LogP contribution in [0.4, 0.5) is 4.79 Å². The fourth-order valence-electron chi connectivity index (χ4n) is 10.5. The number of hydrogen-bond donors (Lipinski definition) is 6. The number of hydrogen-bond acceptors (Lipinski definition) is 12. The standard InChI is InChI=1S/C67H81N7O12S/c1-12-22-53(63(78)84-39-45-23-14-13-15-24-45)73-62(77)52(33-30-41(2)70-64(68)74-87(80,81)60-43(4)42(3)59-48(44(60)5)36-37-67(9,10)85-59)72-61(76)51(29-20-21-38-69-65(79)86-66(6,7)8)71-56(75)40-83-55-35-32-47-26-17-19-28-50(47)58(55)57-49-27-18-16-25-46(49)31-34-54(57)82-11/h12-19,23-28,31-32,34-35,51-53H,1-2,20-22,29-30,33,36-40H2,3-11H3,(H,69,79)(H,71,75)(H,72,76)(H,73,77)(H3,68,70,74)/t51-,52-,53+/m1/s1. The second-order valence-electron chi connectivity index (χ2n) is 23.2. The van der Waals surface area contributed by atoms with Crippen LogP contribution in [0, 0.1) is 20.8 Å². The fourth-order valence-corrected chi connectivity index (χ4v) is 11.9. The number of sulfonamides is 1. The van der Waals surface area contributed by atoms with Crippen molar-refractivity contribution in [3.8, 4) is 28.4 Å². The monoisotopic (exact) mass is 1210 g/mol. The number of guanidine groups is 1. The smallest absolute Gasteiger partial charge is 0.407 e. The van der Waals surface area contributed by atoms with E-state index in [1.54, 1.807) is 72.1 Å². The van der Waals surface area contributed by atoms with E-state index in [0.29, 0.717) is 70.7 Å². The predicted octanol–water partition coefficient (Wildman–Crippen LogP) is 10.1. The summed E-state index contributed by atoms with van der Waals surface area (Å²) >= 11 is 0. The van der Waals surface area contributed by atoms with Crippen molar-refractivity contribution in [1.29, 1.82) is 0 Å². The molecular formula is C67H81N7O12S. The molecule has 19 nitrogen and oxygen atoms in total. The van der Waals surface area contributed by atoms with Crippen LogP contribution in [0.25, 0.3) is 32.7 Å². The first-order chi connectivity index (χ1) is 41.3. The van der Waals surface area contributed by atoms with Gasteiger partial charge in [0.2, 0.25) is 17.8 Å². The van der Waals surface area contributed by atoms with Crippen LogP contribution >= 0.6 is 0 Å². The highest BCUT2D eigenvalue weighted by Gasteiger charge is 2.35. The normalized spacial score (nSPS) is 14.0. The Kier molecular flexibility index (Phi) is 21.9. The fraction of sp³-hybridized carbons (Fsp3) is 0.373. The lowest BCUT2D eigenvalue weighted by molar-refractivity contribution is -0.149. The number of carbonyl (C=O) groups is 5. The minimum absolute atomic E-state index is 0.0146. The van der Waals surface area contributed by atoms with Crippen LogP contribution in [0.2, 0.25) is 0 Å². The van der Waals surface area contributed by atoms with Gasteiger partial charge in [0, 0.05) is 23.4 Å². The number of ether oxygens (including phenoxy) is 5. The summed E-state index contributed by atoms with van der Waals surface area (Å²) in [5, 5.41) is 17.4. The van der Waals surface area contributed by atoms with Gasteiger partial charge in [-0.3, -0.25) is 14.4 Å². The molecule has 1 heterocycles. The van der Waals surface area contributed by atoms with Crippen LogP contribution < -0.4 is 46.5 Å². The van der Waals surface area contributed by atoms with E-state index in [9.17, 15) is 32.4 Å². The number of carbonyl (C=O) groups excluding carboxylic acids is 5. The molecule has 0 aliphatic carbocycles. The first kappa shape index (κ1) is 65.6. The Balaban J connectivity index is 1.14. The highest BCUT2D eigenvalue weighted by Crippen LogP contribution is 2.46. The number of unbranched alkanes of at least 4 members (excludes halogenated alkanes) is 1. The molecule has 4 amide bonds. The Morgan fingerprint density at radius 2 is 1.37 bits per heavy atom. The first-order valence-corrected chi connectivity index (χ1v) is 30.5. The molecule has 0 fully saturated rings. The molecule has 87 heavy (non-hydrogen) atoms. The van der Waals surface area contributed by atoms with Gasteiger partial charge in [0.15, 0.2) is 6.61 Å². The van der Waals surface area contributed by atoms with Crippen molar-refractivity contribution < 1.29 is 56.1 Å². The molecular weight excluding hydrogens is 1130 g/mol. The number of nitrogens with two attached hydrogens (primary N) is 1. The molecule has 1 aliphatic heterocycles. The van der Waals surface area contributed by atoms with E-state index in [4.69, 9.17) is 29.4 Å². The maximum absolute atomic E-state index is 14.8. The van der Waals surface area contributed by atoms with Gasteiger partial charge in [0.1, 0.15) is 53.2 Å². The van der Waals surface area contributed by atoms with Crippen LogP contribution in [-0.4, -0.2) is 93.8 Å². The lowest BCUT2D eigenvalue weighted by Gasteiger charge is -2.35. The summed E-state index contributed by atoms with van der Waals surface area (Å²) in [6.45, 7) is 21.8. The van der Waals surface area contributed by atoms with Crippen molar-refractivity contribution in [3.63, 3.8) is 0 Å². The maximum Gasteiger partial charge on any atom is 0.407 e. The number of esters is 1. The topological polar surface area (TPSA) is 264 Å². The average Bonchev–Trinajstić information content (AvgIpc) is 0.832. The van der Waals surface area contributed by atoms with Gasteiger partial charge < -0.3 is 56.0 Å². The zero-order chi connectivity index (χ0) is 63.2. The Labute approximate surface area is 509 Å². The molecule has 0 spiro atoms. The molecule has 6 aromatic rings. The Morgan fingerprint density at radius 3 is 2.00 bits per heavy atom. The molecule has 0 unspecified atom stereocenters. The van der Waals surface area contributed by atoms with E-state index < -0.39 is 81.7 Å². The summed E-state index contributed by atoms with van der Waals surface area (Å²) in [6.07, 6.45) is 2.48. The average molecular weight is 1210 g/mol. The van der Waals surface area contributed by atoms with Crippen LogP contribution in [0.5, 0.6) is 17.2 Å². The van der Waals surface area contributed by atoms with Crippen molar-refractivity contribution in [1.82, 2.24) is 26.6 Å². The lowest BCUT2D eigenvalue weighted by atomic mass is 9.88. The number of allylic oxidation sites excluding steroid dienone is 1. The van der Waals surface area contributed by atoms with Gasteiger partial charge in [-0.1, -0.05) is 104 Å². The zero-order valence-electron chi connectivity index (χ0n) is 51.1. The molecule has 0 saturated heterocycles. The molecule has 3 atom stereocenters. The third-order valence-electron chi connectivity index (χ3n) is 14.9. The van der Waals surface area contributed by atoms with E-state index in [0.717, 1.165) is 32.7 Å². The molecule has 7 N–H and O–H groups in total. The van der Waals surface area contributed by atoms with Gasteiger partial charge in [-0.05, 0) is 168 Å². The van der Waals surface area contributed by atoms with Gasteiger partial charge in [-0.2, -0.15) is 8.42 Å². The second-order valence-corrected chi connectivity index (χ2v) is 24.7. The molecule has 20 heteroatoms. The summed E-state index contributed by atoms with van der Waals surface area (Å²) in [6, 6.07) is 28.2. The summed E-state index contributed by atoms with van der Waals surface area (Å²) in [5.74, 6) is -1.88. The van der Waals surface area contributed by atoms with Crippen LogP contribution in [-0.2, 0) is 51.7 Å². The van der Waals surface area contributed by atoms with Crippen molar-refractivity contribution in [2.75, 3.05) is 20.3 Å². The molecule has 0 bridgehead atoms. The highest BCUT2D eigenvalue weighted by atomic mass is 32.2. The van der Waals surface area contributed by atoms with Gasteiger partial charge in [0.05, 0.1) is 12.0 Å². The van der Waals surface area contributed by atoms with E-state index in [1.807, 2.05) is 93.6 Å². The summed E-state index contributed by atoms with van der Waals surface area (Å²) < 4.78 is 61.8. The molecule has 0 aromatic heterocycles. The van der Waals surface area contributed by atoms with E-state index in [1.165, 1.54) is 6.08 Å². The van der Waals surface area contributed by atoms with Crippen molar-refractivity contribution in [2.24, 2.45) is 10.1 Å². The Morgan fingerprint density at radius 1 is 0.770 bits per heavy atom. The van der Waals surface area contributed by atoms with Gasteiger partial charge in [-0.25, -0.2) is 9.59 Å². The maximum atomic E-state index is 14.8. The second kappa shape index (κ2) is 29.0. The number of nitrogens with one attached hydrogen (secondary N) is 5. The van der Waals surface area contributed by atoms with E-state index >= 15 is 0 Å². The highest BCUT2D eigenvalue weighted by molar-refractivity contribution is 7.90. The quantitative estimate of drug-likeness (QED) is 0.00971. The zero-order valence-corrected chi connectivity index (χ0v) is 52.0. The van der Waals surface area contributed by atoms with Gasteiger partial charge in [-0.15, -0.1) is 11.0 Å². The lowest BCUT2D eigenvalue weighted by Crippen LogP contribution is -2.56. The minimum Gasteiger partial charge on any atom is -0.496 e. The van der Waals surface area contributed by atoms with Crippen LogP contribution in [0.3, 0.4) is 0 Å². The SMILES string of the molecule is C=CC[C@H](NC(=O)[C@@H](CCC(=C)NC(N)=NS(=O)(=O)c1c(C)c(C)c2c(c1C)CCC(C)(C)O2)NC(=O)[C@@H](CCCCNC(=O)OC(C)(C)C)NC(=O)COc1ccc2ccccc2c1-c1c(OC)ccc2ccccc12)C(=O)OCc1ccccc1. The third kappa shape index (κ3) is 17.4. The van der Waals surface area contributed by atoms with Crippen molar-refractivity contribution in [2.45, 2.75) is 148 Å². The summed E-state index contributed by atoms with van der Waals surface area (Å²) in [7, 11) is -2.82. The van der Waals surface area contributed by atoms with Gasteiger partial charge in [0.25, 0.3) is 15.9 Å². The van der Waals surface area contributed by atoms with Crippen molar-refractivity contribution in [3.05, 3.63) is 156 Å². The molecule has 1 aliphatic rings. The number of fused-ring (bicyclic) bond motifs is 3. The molecule has 0 radical (unpaired) electrons. The molecule has 6 aromatic carbocycles.